The van der Waals surface area contributed by atoms with Crippen LogP contribution in [0.25, 0.3) is 0 Å². The van der Waals surface area contributed by atoms with Crippen LogP contribution in [0.1, 0.15) is 32.5 Å². The molecule has 1 saturated heterocycles. The Morgan fingerprint density at radius 2 is 2.37 bits per heavy atom. The number of rotatable bonds is 1. The SMILES string of the molecule is CC(C)(C)OC(=O)N1CCNCC1c1csc(Br)n1. The Kier molecular flexibility index (Phi) is 4.47. The molecule has 2 heterocycles. The number of nitrogens with zero attached hydrogens (tertiary/aromatic N) is 2. The van der Waals surface area contributed by atoms with Gasteiger partial charge in [-0.2, -0.15) is 0 Å². The third-order valence-corrected chi connectivity index (χ3v) is 4.09. The van der Waals surface area contributed by atoms with Gasteiger partial charge in [-0.05, 0) is 36.7 Å². The van der Waals surface area contributed by atoms with Gasteiger partial charge in [0.05, 0.1) is 11.7 Å². The lowest BCUT2D eigenvalue weighted by Gasteiger charge is -2.36. The number of aromatic nitrogens is 1. The molecule has 1 unspecified atom stereocenters. The Labute approximate surface area is 125 Å². The van der Waals surface area contributed by atoms with Crippen molar-refractivity contribution >= 4 is 33.4 Å². The highest BCUT2D eigenvalue weighted by molar-refractivity contribution is 9.11. The number of nitrogens with one attached hydrogen (secondary N) is 1. The molecule has 1 N–H and O–H groups in total. The predicted molar refractivity (Wildman–Crippen MR) is 78.4 cm³/mol. The molecule has 2 rings (SSSR count). The summed E-state index contributed by atoms with van der Waals surface area (Å²) in [5, 5.41) is 5.26. The normalized spacial score (nSPS) is 20.4. The van der Waals surface area contributed by atoms with Crippen molar-refractivity contribution < 1.29 is 9.53 Å². The molecular formula is C12H18BrN3O2S. The minimum Gasteiger partial charge on any atom is -0.444 e. The number of thiazole rings is 1. The van der Waals surface area contributed by atoms with Crippen LogP contribution in [0.15, 0.2) is 9.30 Å². The maximum absolute atomic E-state index is 12.2. The average molecular weight is 348 g/mol. The topological polar surface area (TPSA) is 54.5 Å². The molecule has 0 saturated carbocycles. The fourth-order valence-corrected chi connectivity index (χ4v) is 2.99. The molecule has 1 atom stereocenters. The molecule has 0 aliphatic carbocycles. The highest BCUT2D eigenvalue weighted by atomic mass is 79.9. The van der Waals surface area contributed by atoms with Crippen LogP contribution in [0.2, 0.25) is 0 Å². The van der Waals surface area contributed by atoms with Gasteiger partial charge >= 0.3 is 6.09 Å². The Bertz CT molecular complexity index is 458. The molecule has 5 nitrogen and oxygen atoms in total. The molecule has 0 spiro atoms. The zero-order chi connectivity index (χ0) is 14.0. The Morgan fingerprint density at radius 1 is 1.63 bits per heavy atom. The van der Waals surface area contributed by atoms with Gasteiger partial charge in [0.1, 0.15) is 5.60 Å². The van der Waals surface area contributed by atoms with Crippen LogP contribution >= 0.6 is 27.3 Å². The second-order valence-corrected chi connectivity index (χ2v) is 7.55. The van der Waals surface area contributed by atoms with Gasteiger partial charge in [0.25, 0.3) is 0 Å². The van der Waals surface area contributed by atoms with E-state index in [4.69, 9.17) is 4.74 Å². The van der Waals surface area contributed by atoms with E-state index in [0.29, 0.717) is 13.1 Å². The smallest absolute Gasteiger partial charge is 0.410 e. The highest BCUT2D eigenvalue weighted by Gasteiger charge is 2.32. The van der Waals surface area contributed by atoms with E-state index in [-0.39, 0.29) is 12.1 Å². The van der Waals surface area contributed by atoms with Gasteiger partial charge in [-0.1, -0.05) is 0 Å². The predicted octanol–water partition coefficient (Wildman–Crippen LogP) is 2.79. The number of hydrogen-bond acceptors (Lipinski definition) is 5. The van der Waals surface area contributed by atoms with Gasteiger partial charge in [0, 0.05) is 25.0 Å². The van der Waals surface area contributed by atoms with E-state index >= 15 is 0 Å². The second-order valence-electron chi connectivity index (χ2n) is 5.42. The van der Waals surface area contributed by atoms with E-state index in [1.54, 1.807) is 4.90 Å². The van der Waals surface area contributed by atoms with Crippen molar-refractivity contribution in [1.29, 1.82) is 0 Å². The Hall–Kier alpha value is -0.660. The van der Waals surface area contributed by atoms with Crippen molar-refractivity contribution in [2.24, 2.45) is 0 Å². The van der Waals surface area contributed by atoms with Crippen LogP contribution in [0, 0.1) is 0 Å². The van der Waals surface area contributed by atoms with Crippen molar-refractivity contribution in [3.8, 4) is 0 Å². The first kappa shape index (κ1) is 14.7. The number of halogens is 1. The Morgan fingerprint density at radius 3 is 2.95 bits per heavy atom. The molecular weight excluding hydrogens is 330 g/mol. The number of ether oxygens (including phenoxy) is 1. The summed E-state index contributed by atoms with van der Waals surface area (Å²) in [6.45, 7) is 7.75. The molecule has 0 radical (unpaired) electrons. The summed E-state index contributed by atoms with van der Waals surface area (Å²) in [5.74, 6) is 0. The summed E-state index contributed by atoms with van der Waals surface area (Å²) in [7, 11) is 0. The lowest BCUT2D eigenvalue weighted by molar-refractivity contribution is 0.0114. The zero-order valence-electron chi connectivity index (χ0n) is 11.3. The van der Waals surface area contributed by atoms with Gasteiger partial charge in [-0.15, -0.1) is 11.3 Å². The summed E-state index contributed by atoms with van der Waals surface area (Å²) >= 11 is 4.88. The Balaban J connectivity index is 2.14. The molecule has 1 amide bonds. The molecule has 1 aromatic rings. The van der Waals surface area contributed by atoms with E-state index in [1.807, 2.05) is 26.2 Å². The van der Waals surface area contributed by atoms with E-state index < -0.39 is 5.60 Å². The van der Waals surface area contributed by atoms with E-state index in [2.05, 4.69) is 26.2 Å². The molecule has 1 fully saturated rings. The van der Waals surface area contributed by atoms with Crippen LogP contribution in [0.4, 0.5) is 4.79 Å². The largest absolute Gasteiger partial charge is 0.444 e. The fraction of sp³-hybridized carbons (Fsp3) is 0.667. The minimum absolute atomic E-state index is 0.0637. The highest BCUT2D eigenvalue weighted by Crippen LogP contribution is 2.27. The van der Waals surface area contributed by atoms with Gasteiger partial charge in [0.2, 0.25) is 0 Å². The summed E-state index contributed by atoms with van der Waals surface area (Å²) in [4.78, 5) is 18.4. The summed E-state index contributed by atoms with van der Waals surface area (Å²) in [6.07, 6.45) is -0.275. The first-order valence-corrected chi connectivity index (χ1v) is 7.85. The van der Waals surface area contributed by atoms with Crippen molar-refractivity contribution in [3.63, 3.8) is 0 Å². The number of amides is 1. The minimum atomic E-state index is -0.477. The molecule has 19 heavy (non-hydrogen) atoms. The van der Waals surface area contributed by atoms with Gasteiger partial charge < -0.3 is 10.1 Å². The molecule has 1 aromatic heterocycles. The van der Waals surface area contributed by atoms with E-state index in [9.17, 15) is 4.79 Å². The number of piperazine rings is 1. The van der Waals surface area contributed by atoms with Crippen molar-refractivity contribution in [1.82, 2.24) is 15.2 Å². The van der Waals surface area contributed by atoms with Crippen LogP contribution in [0.5, 0.6) is 0 Å². The lowest BCUT2D eigenvalue weighted by Crippen LogP contribution is -2.50. The summed E-state index contributed by atoms with van der Waals surface area (Å²) < 4.78 is 6.29. The van der Waals surface area contributed by atoms with Gasteiger partial charge in [-0.25, -0.2) is 9.78 Å². The monoisotopic (exact) mass is 347 g/mol. The van der Waals surface area contributed by atoms with E-state index in [0.717, 1.165) is 16.2 Å². The van der Waals surface area contributed by atoms with Crippen LogP contribution < -0.4 is 5.32 Å². The molecule has 7 heteroatoms. The third-order valence-electron chi connectivity index (χ3n) is 2.71. The second kappa shape index (κ2) is 5.76. The van der Waals surface area contributed by atoms with Crippen molar-refractivity contribution in [3.05, 3.63) is 15.0 Å². The van der Waals surface area contributed by atoms with Gasteiger partial charge in [0.15, 0.2) is 3.92 Å². The maximum Gasteiger partial charge on any atom is 0.410 e. The van der Waals surface area contributed by atoms with Crippen LogP contribution in [-0.2, 0) is 4.74 Å². The van der Waals surface area contributed by atoms with Crippen LogP contribution in [0.3, 0.4) is 0 Å². The molecule has 0 aromatic carbocycles. The van der Waals surface area contributed by atoms with Crippen LogP contribution in [-0.4, -0.2) is 41.2 Å². The van der Waals surface area contributed by atoms with Crippen molar-refractivity contribution in [2.75, 3.05) is 19.6 Å². The number of hydrogen-bond donors (Lipinski definition) is 1. The molecule has 0 bridgehead atoms. The zero-order valence-corrected chi connectivity index (χ0v) is 13.7. The maximum atomic E-state index is 12.2. The van der Waals surface area contributed by atoms with Gasteiger partial charge in [-0.3, -0.25) is 4.90 Å². The molecule has 1 aliphatic heterocycles. The standard InChI is InChI=1S/C12H18BrN3O2S/c1-12(2,3)18-11(17)16-5-4-14-6-9(16)8-7-19-10(13)15-8/h7,9,14H,4-6H2,1-3H3. The lowest BCUT2D eigenvalue weighted by atomic mass is 10.1. The number of carbonyl (C=O) groups excluding carboxylic acids is 1. The molecule has 106 valence electrons. The van der Waals surface area contributed by atoms with Crippen molar-refractivity contribution in [2.45, 2.75) is 32.4 Å². The number of carbonyl (C=O) groups is 1. The average Bonchev–Trinajstić information content (AvgIpc) is 2.73. The first-order valence-electron chi connectivity index (χ1n) is 6.18. The summed E-state index contributed by atoms with van der Waals surface area (Å²) in [6, 6.07) is -0.0637. The summed E-state index contributed by atoms with van der Waals surface area (Å²) in [5.41, 5.74) is 0.421. The molecule has 1 aliphatic rings. The fourth-order valence-electron chi connectivity index (χ4n) is 1.92. The van der Waals surface area contributed by atoms with E-state index in [1.165, 1.54) is 11.3 Å². The third kappa shape index (κ3) is 3.90. The first-order chi connectivity index (χ1) is 8.87. The quantitative estimate of drug-likeness (QED) is 0.848.